The fourth-order valence-electron chi connectivity index (χ4n) is 4.92. The minimum absolute atomic E-state index is 0.197. The fourth-order valence-corrected chi connectivity index (χ4v) is 4.92. The lowest BCUT2D eigenvalue weighted by Gasteiger charge is -2.46. The average molecular weight is 369 g/mol. The van der Waals surface area contributed by atoms with Gasteiger partial charge in [-0.25, -0.2) is 0 Å². The van der Waals surface area contributed by atoms with Gasteiger partial charge in [-0.3, -0.25) is 4.90 Å². The third-order valence-electron chi connectivity index (χ3n) is 6.33. The number of nitrogens with zero attached hydrogens (tertiary/aromatic N) is 1. The third kappa shape index (κ3) is 2.08. The molecule has 2 atom stereocenters. The molecule has 27 heavy (non-hydrogen) atoms. The second-order valence-corrected chi connectivity index (χ2v) is 7.41. The summed E-state index contributed by atoms with van der Waals surface area (Å²) in [6, 6.07) is 8.05. The summed E-state index contributed by atoms with van der Waals surface area (Å²) in [6.07, 6.45) is 0.889. The van der Waals surface area contributed by atoms with Crippen molar-refractivity contribution in [3.8, 4) is 23.0 Å². The Labute approximate surface area is 158 Å². The maximum atomic E-state index is 11.6. The smallest absolute Gasteiger partial charge is 0.231 e. The van der Waals surface area contributed by atoms with Gasteiger partial charge >= 0.3 is 0 Å². The SMILES string of the molecule is COc1cc2c(cc1OC)C1(Cc3ccc4c(c3[C@@H]1O)OCO4)N(C)CC2. The van der Waals surface area contributed by atoms with E-state index in [9.17, 15) is 5.11 Å². The average Bonchev–Trinajstić information content (AvgIpc) is 3.27. The Kier molecular flexibility index (Phi) is 3.58. The molecule has 2 heterocycles. The number of ether oxygens (including phenoxy) is 4. The standard InChI is InChI=1S/C21H23NO5/c1-22-7-6-12-8-16(24-2)17(25-3)9-14(12)21(22)10-13-4-5-15-19(27-11-26-15)18(13)20(21)23/h4-5,8-9,20,23H,6-7,10-11H2,1-3H3/t20-,21?/m0/s1. The van der Waals surface area contributed by atoms with Crippen LogP contribution in [0.1, 0.15) is 28.4 Å². The Bertz CT molecular complexity index is 927. The van der Waals surface area contributed by atoms with E-state index in [-0.39, 0.29) is 6.79 Å². The van der Waals surface area contributed by atoms with Gasteiger partial charge in [0.15, 0.2) is 23.0 Å². The summed E-state index contributed by atoms with van der Waals surface area (Å²) in [6.45, 7) is 1.05. The number of aliphatic hydroxyl groups excluding tert-OH is 1. The molecule has 2 aromatic carbocycles. The molecule has 1 unspecified atom stereocenters. The third-order valence-corrected chi connectivity index (χ3v) is 6.33. The van der Waals surface area contributed by atoms with Crippen molar-refractivity contribution in [1.82, 2.24) is 4.90 Å². The summed E-state index contributed by atoms with van der Waals surface area (Å²) in [5.74, 6) is 2.78. The highest BCUT2D eigenvalue weighted by Crippen LogP contribution is 2.57. The van der Waals surface area contributed by atoms with Crippen LogP contribution in [0.15, 0.2) is 24.3 Å². The number of aliphatic hydroxyl groups is 1. The molecular formula is C21H23NO5. The maximum absolute atomic E-state index is 11.6. The van der Waals surface area contributed by atoms with Crippen molar-refractivity contribution in [3.63, 3.8) is 0 Å². The number of hydrogen-bond donors (Lipinski definition) is 1. The van der Waals surface area contributed by atoms with Crippen molar-refractivity contribution in [2.75, 3.05) is 34.6 Å². The van der Waals surface area contributed by atoms with E-state index in [1.165, 1.54) is 5.56 Å². The summed E-state index contributed by atoms with van der Waals surface area (Å²) in [5, 5.41) is 11.6. The Balaban J connectivity index is 1.72. The van der Waals surface area contributed by atoms with Crippen molar-refractivity contribution in [1.29, 1.82) is 0 Å². The minimum Gasteiger partial charge on any atom is -0.493 e. The number of methoxy groups -OCH3 is 2. The van der Waals surface area contributed by atoms with E-state index in [0.29, 0.717) is 23.7 Å². The van der Waals surface area contributed by atoms with Crippen LogP contribution in [0.5, 0.6) is 23.0 Å². The van der Waals surface area contributed by atoms with Gasteiger partial charge in [0.05, 0.1) is 19.8 Å². The first kappa shape index (κ1) is 16.7. The van der Waals surface area contributed by atoms with Crippen LogP contribution in [0, 0.1) is 0 Å². The highest BCUT2D eigenvalue weighted by molar-refractivity contribution is 5.60. The molecular weight excluding hydrogens is 346 g/mol. The van der Waals surface area contributed by atoms with Gasteiger partial charge in [0.25, 0.3) is 0 Å². The summed E-state index contributed by atoms with van der Waals surface area (Å²) in [4.78, 5) is 2.26. The lowest BCUT2D eigenvalue weighted by atomic mass is 9.77. The Morgan fingerprint density at radius 1 is 1.11 bits per heavy atom. The zero-order valence-electron chi connectivity index (χ0n) is 15.7. The molecule has 3 aliphatic rings. The lowest BCUT2D eigenvalue weighted by molar-refractivity contribution is -0.0206. The van der Waals surface area contributed by atoms with E-state index >= 15 is 0 Å². The minimum atomic E-state index is -0.716. The van der Waals surface area contributed by atoms with E-state index in [2.05, 4.69) is 11.9 Å². The molecule has 1 N–H and O–H groups in total. The van der Waals surface area contributed by atoms with Gasteiger partial charge < -0.3 is 24.1 Å². The van der Waals surface area contributed by atoms with Crippen LogP contribution in [-0.2, 0) is 18.4 Å². The van der Waals surface area contributed by atoms with Crippen LogP contribution in [0.4, 0.5) is 0 Å². The molecule has 5 rings (SSSR count). The van der Waals surface area contributed by atoms with Crippen molar-refractivity contribution in [2.45, 2.75) is 24.5 Å². The van der Waals surface area contributed by atoms with Crippen molar-refractivity contribution >= 4 is 0 Å². The first-order chi connectivity index (χ1) is 13.1. The van der Waals surface area contributed by atoms with Gasteiger partial charge in [-0.1, -0.05) is 6.07 Å². The number of rotatable bonds is 2. The highest BCUT2D eigenvalue weighted by Gasteiger charge is 2.54. The maximum Gasteiger partial charge on any atom is 0.231 e. The van der Waals surface area contributed by atoms with Crippen molar-refractivity contribution < 1.29 is 24.1 Å². The molecule has 1 spiro atoms. The Hall–Kier alpha value is -2.44. The van der Waals surface area contributed by atoms with E-state index in [4.69, 9.17) is 18.9 Å². The molecule has 142 valence electrons. The van der Waals surface area contributed by atoms with Gasteiger partial charge in [-0.15, -0.1) is 0 Å². The predicted molar refractivity (Wildman–Crippen MR) is 98.8 cm³/mol. The summed E-state index contributed by atoms with van der Waals surface area (Å²) in [7, 11) is 5.36. The normalized spacial score (nSPS) is 25.4. The van der Waals surface area contributed by atoms with Gasteiger partial charge in [0.1, 0.15) is 6.10 Å². The molecule has 0 saturated carbocycles. The van der Waals surface area contributed by atoms with E-state index < -0.39 is 11.6 Å². The van der Waals surface area contributed by atoms with Crippen molar-refractivity contribution in [2.24, 2.45) is 0 Å². The molecule has 0 saturated heterocycles. The number of hydrogen-bond acceptors (Lipinski definition) is 6. The Morgan fingerprint density at radius 3 is 2.67 bits per heavy atom. The van der Waals surface area contributed by atoms with E-state index in [1.807, 2.05) is 24.3 Å². The number of benzene rings is 2. The molecule has 0 radical (unpaired) electrons. The molecule has 6 heteroatoms. The van der Waals surface area contributed by atoms with Gasteiger partial charge in [0, 0.05) is 12.1 Å². The van der Waals surface area contributed by atoms with Gasteiger partial charge in [-0.05, 0) is 54.8 Å². The molecule has 0 aromatic heterocycles. The zero-order chi connectivity index (χ0) is 18.8. The highest BCUT2D eigenvalue weighted by atomic mass is 16.7. The second kappa shape index (κ2) is 5.78. The first-order valence-electron chi connectivity index (χ1n) is 9.16. The quantitative estimate of drug-likeness (QED) is 0.877. The molecule has 1 aliphatic carbocycles. The monoisotopic (exact) mass is 369 g/mol. The molecule has 0 fully saturated rings. The van der Waals surface area contributed by atoms with E-state index in [1.54, 1.807) is 14.2 Å². The Morgan fingerprint density at radius 2 is 1.89 bits per heavy atom. The van der Waals surface area contributed by atoms with Crippen molar-refractivity contribution in [3.05, 3.63) is 46.5 Å². The molecule has 0 amide bonds. The van der Waals surface area contributed by atoms with Crippen LogP contribution in [-0.4, -0.2) is 44.6 Å². The topological polar surface area (TPSA) is 60.4 Å². The first-order valence-corrected chi connectivity index (χ1v) is 9.16. The number of likely N-dealkylation sites (N-methyl/N-ethyl adjacent to an activating group) is 1. The van der Waals surface area contributed by atoms with Crippen LogP contribution < -0.4 is 18.9 Å². The summed E-state index contributed by atoms with van der Waals surface area (Å²) < 4.78 is 22.3. The van der Waals surface area contributed by atoms with Crippen LogP contribution in [0.3, 0.4) is 0 Å². The summed E-state index contributed by atoms with van der Waals surface area (Å²) in [5.41, 5.74) is 3.66. The zero-order valence-corrected chi connectivity index (χ0v) is 15.7. The second-order valence-electron chi connectivity index (χ2n) is 7.41. The largest absolute Gasteiger partial charge is 0.493 e. The van der Waals surface area contributed by atoms with E-state index in [0.717, 1.165) is 35.4 Å². The van der Waals surface area contributed by atoms with Crippen LogP contribution in [0.2, 0.25) is 0 Å². The molecule has 6 nitrogen and oxygen atoms in total. The van der Waals surface area contributed by atoms with Gasteiger partial charge in [0.2, 0.25) is 6.79 Å². The molecule has 2 aromatic rings. The summed E-state index contributed by atoms with van der Waals surface area (Å²) >= 11 is 0. The van der Waals surface area contributed by atoms with Crippen LogP contribution >= 0.6 is 0 Å². The number of fused-ring (bicyclic) bond motifs is 5. The van der Waals surface area contributed by atoms with Gasteiger partial charge in [-0.2, -0.15) is 0 Å². The predicted octanol–water partition coefficient (Wildman–Crippen LogP) is 2.41. The fraction of sp³-hybridized carbons (Fsp3) is 0.429. The molecule has 2 aliphatic heterocycles. The lowest BCUT2D eigenvalue weighted by Crippen LogP contribution is -2.51. The van der Waals surface area contributed by atoms with Crippen LogP contribution in [0.25, 0.3) is 0 Å². The molecule has 0 bridgehead atoms.